The first-order valence-electron chi connectivity index (χ1n) is 14.6. The maximum atomic E-state index is 16.0. The van der Waals surface area contributed by atoms with Crippen LogP contribution in [0.5, 0.6) is 0 Å². The lowest BCUT2D eigenvalue weighted by Gasteiger charge is -2.48. The van der Waals surface area contributed by atoms with Crippen molar-refractivity contribution in [3.8, 4) is 0 Å². The highest BCUT2D eigenvalue weighted by Gasteiger charge is 2.53. The molecule has 0 amide bonds. The van der Waals surface area contributed by atoms with Gasteiger partial charge in [-0.05, 0) is 16.4 Å². The molecular weight excluding hydrogens is 704 g/mol. The maximum absolute atomic E-state index is 16.0. The Morgan fingerprint density at radius 1 is 0.420 bits per heavy atom. The van der Waals surface area contributed by atoms with Crippen LogP contribution in [0.4, 0.5) is 65.9 Å². The minimum atomic E-state index is -5.75. The lowest BCUT2D eigenvalue weighted by molar-refractivity contribution is 0.122. The van der Waals surface area contributed by atoms with E-state index in [0.717, 1.165) is 12.2 Å². The van der Waals surface area contributed by atoms with E-state index in [1.165, 1.54) is 13.8 Å². The molecule has 0 N–H and O–H groups in total. The van der Waals surface area contributed by atoms with Crippen LogP contribution in [0, 0.1) is 104 Å². The van der Waals surface area contributed by atoms with Gasteiger partial charge < -0.3 is 0 Å². The van der Waals surface area contributed by atoms with Crippen LogP contribution in [0.25, 0.3) is 0 Å². The van der Waals surface area contributed by atoms with Gasteiger partial charge >= 0.3 is 0 Å². The molecule has 0 aliphatic heterocycles. The molecule has 0 spiro atoms. The molecule has 0 bridgehead atoms. The molecule has 3 aromatic rings. The molecule has 50 heavy (non-hydrogen) atoms. The minimum Gasteiger partial charge on any atom is -0.207 e. The van der Waals surface area contributed by atoms with Crippen LogP contribution in [-0.4, -0.2) is 6.15 Å². The molecule has 0 radical (unpaired) electrons. The average Bonchev–Trinajstić information content (AvgIpc) is 3.80. The van der Waals surface area contributed by atoms with Gasteiger partial charge in [0.25, 0.3) is 0 Å². The summed E-state index contributed by atoms with van der Waals surface area (Å²) >= 11 is 0. The Balaban J connectivity index is 2.09. The monoisotopic (exact) mass is 725 g/mol. The summed E-state index contributed by atoms with van der Waals surface area (Å²) in [5.74, 6) is -48.2. The van der Waals surface area contributed by atoms with Crippen molar-refractivity contribution in [1.29, 1.82) is 0 Å². The third kappa shape index (κ3) is 4.79. The van der Waals surface area contributed by atoms with Crippen LogP contribution in [-0.2, 0) is 0 Å². The lowest BCUT2D eigenvalue weighted by atomic mass is 9.10. The minimum absolute atomic E-state index is 0.0518. The van der Waals surface area contributed by atoms with Crippen molar-refractivity contribution in [2.75, 3.05) is 0 Å². The van der Waals surface area contributed by atoms with Crippen LogP contribution in [0.1, 0.15) is 27.7 Å². The van der Waals surface area contributed by atoms with Crippen LogP contribution in [0.15, 0.2) is 48.1 Å². The summed E-state index contributed by atoms with van der Waals surface area (Å²) < 4.78 is 228. The molecule has 0 saturated carbocycles. The third-order valence-corrected chi connectivity index (χ3v) is 10.5. The fraction of sp³-hybridized carbons (Fsp3) is 0.235. The van der Waals surface area contributed by atoms with Crippen LogP contribution >= 0.6 is 0 Å². The molecule has 1 atom stereocenters. The predicted octanol–water partition coefficient (Wildman–Crippen LogP) is 8.90. The highest BCUT2D eigenvalue weighted by Crippen LogP contribution is 2.54. The Bertz CT molecular complexity index is 1820. The zero-order chi connectivity index (χ0) is 37.6. The summed E-state index contributed by atoms with van der Waals surface area (Å²) in [6.45, 7) is 6.46. The Hall–Kier alpha value is -4.37. The molecule has 0 fully saturated rings. The number of benzene rings is 3. The zero-order valence-electron chi connectivity index (χ0n) is 25.9. The molecule has 266 valence electrons. The zero-order valence-corrected chi connectivity index (χ0v) is 25.9. The fourth-order valence-electron chi connectivity index (χ4n) is 7.04. The standard InChI is InChI=1S/C34H21BF15/c1-33(2,12-7-5-6-8-12)34(3,4)13-9-10-14(11-13)35(15-18(36)24(42)30(48)25(43)19(15)37,16-20(38)26(44)31(49)27(45)21(16)39)17-22(40)28(46)32(50)29(47)23(17)41/h5-12,14H,1-4H3/q-1. The summed E-state index contributed by atoms with van der Waals surface area (Å²) in [5.41, 5.74) is -10.1. The molecule has 16 heteroatoms. The summed E-state index contributed by atoms with van der Waals surface area (Å²) in [5, 5.41) is 0. The molecular formula is C34H21BF15-. The van der Waals surface area contributed by atoms with E-state index in [1.807, 2.05) is 0 Å². The van der Waals surface area contributed by atoms with Crippen molar-refractivity contribution in [3.05, 3.63) is 135 Å². The van der Waals surface area contributed by atoms with E-state index < -0.39 is 126 Å². The van der Waals surface area contributed by atoms with Gasteiger partial charge in [-0.3, -0.25) is 0 Å². The SMILES string of the molecule is CC(C)(C1=CC([B-](c2c(F)c(F)c(F)c(F)c2F)(c2c(F)c(F)c(F)c(F)c2F)c2c(F)c(F)c(F)c(F)c2F)C=C1)C(C)(C)C1C=CC=C1. The van der Waals surface area contributed by atoms with Gasteiger partial charge in [0, 0.05) is 5.92 Å². The molecule has 2 aliphatic carbocycles. The van der Waals surface area contributed by atoms with Gasteiger partial charge in [-0.1, -0.05) is 58.1 Å². The number of rotatable bonds is 7. The second-order valence-corrected chi connectivity index (χ2v) is 13.1. The molecule has 0 saturated heterocycles. The molecule has 1 unspecified atom stereocenters. The normalized spacial score (nSPS) is 16.7. The fourth-order valence-corrected chi connectivity index (χ4v) is 7.04. The van der Waals surface area contributed by atoms with Crippen LogP contribution < -0.4 is 16.4 Å². The average molecular weight is 725 g/mol. The maximum Gasteiger partial charge on any atom is 0.200 e. The van der Waals surface area contributed by atoms with Gasteiger partial charge in [0.1, 0.15) is 41.0 Å². The Kier molecular flexibility index (Phi) is 8.97. The summed E-state index contributed by atoms with van der Waals surface area (Å²) in [7, 11) is 0. The molecule has 0 heterocycles. The number of hydrogen-bond acceptors (Lipinski definition) is 0. The van der Waals surface area contributed by atoms with Crippen molar-refractivity contribution in [2.45, 2.75) is 33.5 Å². The largest absolute Gasteiger partial charge is 0.207 e. The van der Waals surface area contributed by atoms with Gasteiger partial charge in [0.15, 0.2) is 52.4 Å². The topological polar surface area (TPSA) is 0 Å². The van der Waals surface area contributed by atoms with E-state index in [2.05, 4.69) is 0 Å². The van der Waals surface area contributed by atoms with Gasteiger partial charge in [-0.2, -0.15) is 0 Å². The van der Waals surface area contributed by atoms with E-state index in [9.17, 15) is 39.5 Å². The van der Waals surface area contributed by atoms with Crippen molar-refractivity contribution in [2.24, 2.45) is 16.7 Å². The van der Waals surface area contributed by atoms with E-state index >= 15 is 26.3 Å². The van der Waals surface area contributed by atoms with Gasteiger partial charge in [-0.15, -0.1) is 34.4 Å². The van der Waals surface area contributed by atoms with Gasteiger partial charge in [-0.25, -0.2) is 65.9 Å². The van der Waals surface area contributed by atoms with E-state index in [-0.39, 0.29) is 11.5 Å². The summed E-state index contributed by atoms with van der Waals surface area (Å²) in [6.07, 6.45) is 3.43. The van der Waals surface area contributed by atoms with E-state index in [4.69, 9.17) is 0 Å². The first-order valence-corrected chi connectivity index (χ1v) is 14.6. The quantitative estimate of drug-likeness (QED) is 0.0989. The van der Waals surface area contributed by atoms with Crippen molar-refractivity contribution in [3.63, 3.8) is 0 Å². The van der Waals surface area contributed by atoms with Crippen LogP contribution in [0.3, 0.4) is 0 Å². The molecule has 2 aliphatic rings. The molecule has 5 rings (SSSR count). The molecule has 3 aromatic carbocycles. The van der Waals surface area contributed by atoms with Crippen LogP contribution in [0.2, 0.25) is 5.82 Å². The number of allylic oxidation sites excluding steroid dienone is 8. The Morgan fingerprint density at radius 2 is 0.700 bits per heavy atom. The van der Waals surface area contributed by atoms with Crippen molar-refractivity contribution >= 4 is 22.5 Å². The Labute approximate surface area is 274 Å². The summed E-state index contributed by atoms with van der Waals surface area (Å²) in [4.78, 5) is 0. The number of hydrogen-bond donors (Lipinski definition) is 0. The highest BCUT2D eigenvalue weighted by molar-refractivity contribution is 7.13. The molecule has 0 nitrogen and oxygen atoms in total. The molecule has 0 aromatic heterocycles. The summed E-state index contributed by atoms with van der Waals surface area (Å²) in [6, 6.07) is 0. The predicted molar refractivity (Wildman–Crippen MR) is 154 cm³/mol. The highest BCUT2D eigenvalue weighted by atomic mass is 19.2. The van der Waals surface area contributed by atoms with E-state index in [1.54, 1.807) is 38.2 Å². The van der Waals surface area contributed by atoms with Crippen molar-refractivity contribution in [1.82, 2.24) is 0 Å². The van der Waals surface area contributed by atoms with Gasteiger partial charge in [0.05, 0.1) is 0 Å². The second kappa shape index (κ2) is 12.1. The first kappa shape index (κ1) is 36.9. The lowest BCUT2D eigenvalue weighted by Crippen LogP contribution is -2.75. The smallest absolute Gasteiger partial charge is 0.200 e. The Morgan fingerprint density at radius 3 is 1.00 bits per heavy atom. The first-order chi connectivity index (χ1) is 23.1. The van der Waals surface area contributed by atoms with Gasteiger partial charge in [0.2, 0.25) is 0 Å². The second-order valence-electron chi connectivity index (χ2n) is 13.1. The third-order valence-electron chi connectivity index (χ3n) is 10.5. The van der Waals surface area contributed by atoms with E-state index in [0.29, 0.717) is 6.08 Å². The van der Waals surface area contributed by atoms with Crippen molar-refractivity contribution < 1.29 is 65.9 Å². The number of halogens is 15.